The van der Waals surface area contributed by atoms with E-state index in [0.717, 1.165) is 17.1 Å². The van der Waals surface area contributed by atoms with Crippen molar-refractivity contribution in [3.63, 3.8) is 0 Å². The van der Waals surface area contributed by atoms with Crippen molar-refractivity contribution >= 4 is 5.91 Å². The van der Waals surface area contributed by atoms with Gasteiger partial charge in [0.05, 0.1) is 13.2 Å². The molecule has 0 unspecified atom stereocenters. The first-order valence-corrected chi connectivity index (χ1v) is 8.18. The third-order valence-electron chi connectivity index (χ3n) is 4.64. The monoisotopic (exact) mass is 328 g/mol. The van der Waals surface area contributed by atoms with Crippen molar-refractivity contribution in [1.29, 1.82) is 0 Å². The van der Waals surface area contributed by atoms with E-state index in [4.69, 9.17) is 9.47 Å². The topological polar surface area (TPSA) is 80.3 Å². The van der Waals surface area contributed by atoms with Crippen LogP contribution < -0.4 is 4.74 Å². The zero-order valence-electron chi connectivity index (χ0n) is 13.7. The van der Waals surface area contributed by atoms with E-state index >= 15 is 0 Å². The molecule has 0 radical (unpaired) electrons. The number of nitrogens with zero attached hydrogens (tertiary/aromatic N) is 3. The number of fused-ring (bicyclic) bond motifs is 1. The van der Waals surface area contributed by atoms with Crippen LogP contribution in [0.15, 0.2) is 24.3 Å². The molecular formula is C17H20N4O3. The maximum absolute atomic E-state index is 13.0. The van der Waals surface area contributed by atoms with Crippen LogP contribution >= 0.6 is 0 Å². The van der Waals surface area contributed by atoms with Gasteiger partial charge in [-0.15, -0.1) is 0 Å². The molecule has 7 heteroatoms. The van der Waals surface area contributed by atoms with E-state index in [9.17, 15) is 4.79 Å². The lowest BCUT2D eigenvalue weighted by molar-refractivity contribution is -0.146. The number of aromatic amines is 1. The first-order chi connectivity index (χ1) is 11.6. The largest absolute Gasteiger partial charge is 0.480 e. The summed E-state index contributed by atoms with van der Waals surface area (Å²) in [5.74, 6) is 2.17. The number of aryl methyl sites for hydroxylation is 1. The number of carbonyl (C=O) groups excluding carboxylic acids is 1. The van der Waals surface area contributed by atoms with E-state index in [-0.39, 0.29) is 17.9 Å². The number of rotatable bonds is 2. The number of amides is 1. The van der Waals surface area contributed by atoms with E-state index in [1.165, 1.54) is 0 Å². The lowest BCUT2D eigenvalue weighted by Crippen LogP contribution is -2.48. The smallest absolute Gasteiger partial charge is 0.264 e. The maximum Gasteiger partial charge on any atom is 0.264 e. The Morgan fingerprint density at radius 1 is 1.38 bits per heavy atom. The second kappa shape index (κ2) is 5.90. The van der Waals surface area contributed by atoms with Crippen molar-refractivity contribution in [2.45, 2.75) is 32.0 Å². The van der Waals surface area contributed by atoms with Crippen LogP contribution in [0, 0.1) is 6.92 Å². The summed E-state index contributed by atoms with van der Waals surface area (Å²) in [6.07, 6.45) is -0.776. The summed E-state index contributed by atoms with van der Waals surface area (Å²) in [6.45, 7) is 5.34. The van der Waals surface area contributed by atoms with Crippen LogP contribution in [-0.2, 0) is 9.53 Å². The minimum Gasteiger partial charge on any atom is -0.480 e. The fraction of sp³-hybridized carbons (Fsp3) is 0.471. The Bertz CT molecular complexity index is 760. The summed E-state index contributed by atoms with van der Waals surface area (Å²) in [5, 5.41) is 6.96. The molecule has 0 spiro atoms. The lowest BCUT2D eigenvalue weighted by atomic mass is 9.96. The second-order valence-corrected chi connectivity index (χ2v) is 6.29. The molecule has 0 aliphatic carbocycles. The number of ether oxygens (including phenoxy) is 2. The summed E-state index contributed by atoms with van der Waals surface area (Å²) in [5.41, 5.74) is 1.09. The molecule has 3 atom stereocenters. The molecule has 3 heterocycles. The quantitative estimate of drug-likeness (QED) is 0.905. The Balaban J connectivity index is 1.49. The molecule has 7 nitrogen and oxygen atoms in total. The van der Waals surface area contributed by atoms with Gasteiger partial charge in [-0.1, -0.05) is 25.1 Å². The molecule has 2 aromatic rings. The number of nitrogens with one attached hydrogen (secondary N) is 1. The Labute approximate surface area is 140 Å². The molecular weight excluding hydrogens is 308 g/mol. The van der Waals surface area contributed by atoms with Crippen molar-refractivity contribution < 1.29 is 14.3 Å². The minimum absolute atomic E-state index is 0.000687. The van der Waals surface area contributed by atoms with Crippen LogP contribution in [0.2, 0.25) is 0 Å². The molecule has 2 aliphatic heterocycles. The second-order valence-electron chi connectivity index (χ2n) is 6.29. The summed E-state index contributed by atoms with van der Waals surface area (Å²) >= 11 is 0. The third kappa shape index (κ3) is 2.54. The number of morpholine rings is 1. The molecule has 1 saturated heterocycles. The molecule has 0 saturated carbocycles. The predicted molar refractivity (Wildman–Crippen MR) is 85.7 cm³/mol. The van der Waals surface area contributed by atoms with Crippen molar-refractivity contribution in [2.24, 2.45) is 0 Å². The van der Waals surface area contributed by atoms with Crippen LogP contribution in [-0.4, -0.2) is 51.8 Å². The number of benzene rings is 1. The van der Waals surface area contributed by atoms with Gasteiger partial charge in [0.2, 0.25) is 0 Å². The molecule has 4 rings (SSSR count). The Morgan fingerprint density at radius 2 is 2.21 bits per heavy atom. The number of H-pyrrole nitrogens is 1. The van der Waals surface area contributed by atoms with E-state index in [1.54, 1.807) is 4.90 Å². The molecule has 1 aromatic heterocycles. The third-order valence-corrected chi connectivity index (χ3v) is 4.64. The van der Waals surface area contributed by atoms with Gasteiger partial charge < -0.3 is 14.4 Å². The lowest BCUT2D eigenvalue weighted by Gasteiger charge is -2.33. The predicted octanol–water partition coefficient (Wildman–Crippen LogP) is 1.58. The van der Waals surface area contributed by atoms with E-state index in [1.807, 2.05) is 38.1 Å². The van der Waals surface area contributed by atoms with Crippen molar-refractivity contribution in [3.05, 3.63) is 41.5 Å². The molecule has 0 bridgehead atoms. The summed E-state index contributed by atoms with van der Waals surface area (Å²) < 4.78 is 11.6. The van der Waals surface area contributed by atoms with Gasteiger partial charge in [-0.25, -0.2) is 4.98 Å². The van der Waals surface area contributed by atoms with Crippen molar-refractivity contribution in [3.8, 4) is 5.75 Å². The van der Waals surface area contributed by atoms with Gasteiger partial charge in [0.1, 0.15) is 17.7 Å². The fourth-order valence-corrected chi connectivity index (χ4v) is 3.32. The first kappa shape index (κ1) is 15.1. The van der Waals surface area contributed by atoms with Crippen LogP contribution in [0.3, 0.4) is 0 Å². The molecule has 1 fully saturated rings. The van der Waals surface area contributed by atoms with Gasteiger partial charge in [0.15, 0.2) is 11.9 Å². The zero-order valence-corrected chi connectivity index (χ0v) is 13.7. The highest BCUT2D eigenvalue weighted by atomic mass is 16.5. The highest BCUT2D eigenvalue weighted by molar-refractivity contribution is 5.83. The average Bonchev–Trinajstić information content (AvgIpc) is 3.19. The Morgan fingerprint density at radius 3 is 2.96 bits per heavy atom. The number of hydrogen-bond acceptors (Lipinski definition) is 5. The van der Waals surface area contributed by atoms with Crippen molar-refractivity contribution in [1.82, 2.24) is 20.1 Å². The van der Waals surface area contributed by atoms with Gasteiger partial charge in [-0.05, 0) is 13.0 Å². The number of aromatic nitrogens is 3. The summed E-state index contributed by atoms with van der Waals surface area (Å²) in [4.78, 5) is 19.1. The van der Waals surface area contributed by atoms with Crippen LogP contribution in [0.4, 0.5) is 0 Å². The SMILES string of the molecule is Cc1nc([C@@H]2CN(C(=O)[C@@H]3Oc4ccccc4[C@@H]3C)CCO2)n[nH]1. The minimum atomic E-state index is -0.477. The Hall–Kier alpha value is -2.41. The van der Waals surface area contributed by atoms with Crippen LogP contribution in [0.5, 0.6) is 5.75 Å². The molecule has 1 aromatic carbocycles. The van der Waals surface area contributed by atoms with Gasteiger partial charge >= 0.3 is 0 Å². The van der Waals surface area contributed by atoms with E-state index < -0.39 is 6.10 Å². The summed E-state index contributed by atoms with van der Waals surface area (Å²) in [6, 6.07) is 7.83. The normalized spacial score (nSPS) is 26.1. The van der Waals surface area contributed by atoms with E-state index in [0.29, 0.717) is 25.5 Å². The fourth-order valence-electron chi connectivity index (χ4n) is 3.32. The van der Waals surface area contributed by atoms with Gasteiger partial charge in [-0.2, -0.15) is 5.10 Å². The molecule has 1 N–H and O–H groups in total. The van der Waals surface area contributed by atoms with E-state index in [2.05, 4.69) is 15.2 Å². The van der Waals surface area contributed by atoms with Crippen molar-refractivity contribution in [2.75, 3.05) is 19.7 Å². The molecule has 126 valence electrons. The highest BCUT2D eigenvalue weighted by Gasteiger charge is 2.40. The van der Waals surface area contributed by atoms with Crippen LogP contribution in [0.25, 0.3) is 0 Å². The zero-order chi connectivity index (χ0) is 16.7. The first-order valence-electron chi connectivity index (χ1n) is 8.18. The molecule has 1 amide bonds. The standard InChI is InChI=1S/C17H20N4O3/c1-10-12-5-3-4-6-13(12)24-15(10)17(22)21-7-8-23-14(9-21)16-18-11(2)19-20-16/h3-6,10,14-15H,7-9H2,1-2H3,(H,18,19,20)/t10-,14-,15+/m0/s1. The number of para-hydroxylation sites is 1. The van der Waals surface area contributed by atoms with Gasteiger partial charge in [0.25, 0.3) is 5.91 Å². The maximum atomic E-state index is 13.0. The highest BCUT2D eigenvalue weighted by Crippen LogP contribution is 2.38. The van der Waals surface area contributed by atoms with Crippen LogP contribution in [0.1, 0.15) is 36.2 Å². The summed E-state index contributed by atoms with van der Waals surface area (Å²) in [7, 11) is 0. The number of hydrogen-bond donors (Lipinski definition) is 1. The number of carbonyl (C=O) groups is 1. The molecule has 24 heavy (non-hydrogen) atoms. The molecule has 2 aliphatic rings. The Kier molecular flexibility index (Phi) is 3.72. The van der Waals surface area contributed by atoms with Gasteiger partial charge in [-0.3, -0.25) is 9.89 Å². The van der Waals surface area contributed by atoms with Gasteiger partial charge in [0, 0.05) is 18.0 Å². The average molecular weight is 328 g/mol.